The molecule has 3 aromatic rings. The first-order chi connectivity index (χ1) is 13.5. The highest BCUT2D eigenvalue weighted by molar-refractivity contribution is 7.89. The maximum absolute atomic E-state index is 12.7. The molecule has 0 radical (unpaired) electrons. The van der Waals surface area contributed by atoms with Crippen LogP contribution in [0, 0.1) is 5.92 Å². The van der Waals surface area contributed by atoms with Crippen molar-refractivity contribution in [3.63, 3.8) is 0 Å². The van der Waals surface area contributed by atoms with Gasteiger partial charge in [0.05, 0.1) is 21.0 Å². The monoisotopic (exact) mass is 416 g/mol. The van der Waals surface area contributed by atoms with Crippen LogP contribution in [-0.4, -0.2) is 36.8 Å². The number of hydrogen-bond donors (Lipinski definition) is 0. The first-order valence-electron chi connectivity index (χ1n) is 9.10. The van der Waals surface area contributed by atoms with Crippen LogP contribution < -0.4 is 0 Å². The smallest absolute Gasteiger partial charge is 0.309 e. The predicted octanol–water partition coefficient (Wildman–Crippen LogP) is 3.44. The first-order valence-corrected chi connectivity index (χ1v) is 11.4. The summed E-state index contributed by atoms with van der Waals surface area (Å²) in [6.45, 7) is 0.789. The van der Waals surface area contributed by atoms with Crippen molar-refractivity contribution in [3.8, 4) is 0 Å². The van der Waals surface area contributed by atoms with Gasteiger partial charge in [-0.3, -0.25) is 4.79 Å². The highest BCUT2D eigenvalue weighted by atomic mass is 32.2. The van der Waals surface area contributed by atoms with Gasteiger partial charge >= 0.3 is 5.97 Å². The summed E-state index contributed by atoms with van der Waals surface area (Å²) in [5, 5.41) is 0.763. The topological polar surface area (TPSA) is 76.6 Å². The van der Waals surface area contributed by atoms with Crippen LogP contribution in [0.3, 0.4) is 0 Å². The van der Waals surface area contributed by atoms with E-state index in [0.717, 1.165) is 15.2 Å². The molecule has 6 nitrogen and oxygen atoms in total. The van der Waals surface area contributed by atoms with E-state index in [0.29, 0.717) is 25.9 Å². The second kappa shape index (κ2) is 7.98. The predicted molar refractivity (Wildman–Crippen MR) is 107 cm³/mol. The largest absolute Gasteiger partial charge is 0.458 e. The number of carbonyl (C=O) groups excluding carboxylic acids is 1. The second-order valence-corrected chi connectivity index (χ2v) is 9.73. The average Bonchev–Trinajstić information content (AvgIpc) is 3.16. The van der Waals surface area contributed by atoms with Crippen molar-refractivity contribution in [2.24, 2.45) is 5.92 Å². The molecule has 0 spiro atoms. The van der Waals surface area contributed by atoms with Crippen molar-refractivity contribution < 1.29 is 17.9 Å². The number of rotatable bonds is 5. The molecule has 4 rings (SSSR count). The summed E-state index contributed by atoms with van der Waals surface area (Å²) in [6.07, 6.45) is 0.926. The number of hydrogen-bond acceptors (Lipinski definition) is 6. The Labute approximate surface area is 167 Å². The number of para-hydroxylation sites is 1. The maximum Gasteiger partial charge on any atom is 0.309 e. The minimum atomic E-state index is -3.51. The van der Waals surface area contributed by atoms with E-state index in [1.54, 1.807) is 30.3 Å². The zero-order valence-electron chi connectivity index (χ0n) is 15.2. The molecular weight excluding hydrogens is 396 g/mol. The third-order valence-corrected chi connectivity index (χ3v) is 7.77. The number of ether oxygens (including phenoxy) is 1. The van der Waals surface area contributed by atoms with Crippen LogP contribution >= 0.6 is 11.3 Å². The van der Waals surface area contributed by atoms with E-state index in [9.17, 15) is 13.2 Å². The molecule has 0 N–H and O–H groups in total. The van der Waals surface area contributed by atoms with E-state index in [1.165, 1.54) is 15.6 Å². The average molecular weight is 417 g/mol. The number of aromatic nitrogens is 1. The van der Waals surface area contributed by atoms with Crippen molar-refractivity contribution in [2.75, 3.05) is 13.1 Å². The Morgan fingerprint density at radius 3 is 2.46 bits per heavy atom. The number of nitrogens with zero attached hydrogens (tertiary/aromatic N) is 2. The summed E-state index contributed by atoms with van der Waals surface area (Å²) in [6, 6.07) is 16.2. The minimum absolute atomic E-state index is 0.153. The molecule has 0 saturated carbocycles. The molecule has 8 heteroatoms. The van der Waals surface area contributed by atoms with Crippen molar-refractivity contribution >= 4 is 37.5 Å². The molecule has 0 amide bonds. The summed E-state index contributed by atoms with van der Waals surface area (Å²) >= 11 is 1.51. The number of benzene rings is 2. The second-order valence-electron chi connectivity index (χ2n) is 6.67. The lowest BCUT2D eigenvalue weighted by Crippen LogP contribution is -2.40. The maximum atomic E-state index is 12.7. The van der Waals surface area contributed by atoms with Crippen LogP contribution in [0.25, 0.3) is 10.2 Å². The molecule has 0 bridgehead atoms. The van der Waals surface area contributed by atoms with Crippen LogP contribution in [0.1, 0.15) is 17.8 Å². The van der Waals surface area contributed by atoms with Crippen molar-refractivity contribution in [1.82, 2.24) is 9.29 Å². The number of thiazole rings is 1. The van der Waals surface area contributed by atoms with E-state index < -0.39 is 10.0 Å². The Kier molecular flexibility index (Phi) is 5.43. The van der Waals surface area contributed by atoms with Crippen LogP contribution in [0.5, 0.6) is 0 Å². The van der Waals surface area contributed by atoms with Gasteiger partial charge in [-0.2, -0.15) is 4.31 Å². The van der Waals surface area contributed by atoms with E-state index in [2.05, 4.69) is 4.98 Å². The molecular formula is C20H20N2O4S2. The van der Waals surface area contributed by atoms with Crippen molar-refractivity contribution in [2.45, 2.75) is 24.3 Å². The van der Waals surface area contributed by atoms with E-state index in [-0.39, 0.29) is 23.4 Å². The fourth-order valence-corrected chi connectivity index (χ4v) is 5.68. The standard InChI is InChI=1S/C20H20N2O4S2/c23-20(26-14-19-21-17-8-4-5-9-18(17)27-19)15-10-12-22(13-11-15)28(24,25)16-6-2-1-3-7-16/h1-9,15H,10-14H2. The third-order valence-electron chi connectivity index (χ3n) is 4.84. The van der Waals surface area contributed by atoms with Gasteiger partial charge in [-0.1, -0.05) is 30.3 Å². The third kappa shape index (κ3) is 3.94. The van der Waals surface area contributed by atoms with Gasteiger partial charge in [-0.15, -0.1) is 11.3 Å². The molecule has 1 fully saturated rings. The number of sulfonamides is 1. The normalized spacial score (nSPS) is 16.3. The number of fused-ring (bicyclic) bond motifs is 1. The van der Waals surface area contributed by atoms with Gasteiger partial charge < -0.3 is 4.74 Å². The molecule has 1 saturated heterocycles. The lowest BCUT2D eigenvalue weighted by atomic mass is 9.98. The highest BCUT2D eigenvalue weighted by Crippen LogP contribution is 2.26. The Morgan fingerprint density at radius 1 is 1.07 bits per heavy atom. The Morgan fingerprint density at radius 2 is 1.75 bits per heavy atom. The van der Waals surface area contributed by atoms with Crippen LogP contribution in [0.15, 0.2) is 59.5 Å². The van der Waals surface area contributed by atoms with Gasteiger partial charge in [-0.05, 0) is 37.1 Å². The van der Waals surface area contributed by atoms with Gasteiger partial charge in [0.2, 0.25) is 10.0 Å². The molecule has 0 aliphatic carbocycles. The highest BCUT2D eigenvalue weighted by Gasteiger charge is 2.32. The molecule has 1 aliphatic heterocycles. The Balaban J connectivity index is 1.32. The quantitative estimate of drug-likeness (QED) is 0.596. The summed E-state index contributed by atoms with van der Waals surface area (Å²) in [5.74, 6) is -0.562. The molecule has 2 heterocycles. The first kappa shape index (κ1) is 19.0. The van der Waals surface area contributed by atoms with Gasteiger partial charge in [0.1, 0.15) is 11.6 Å². The van der Waals surface area contributed by atoms with E-state index >= 15 is 0 Å². The zero-order valence-corrected chi connectivity index (χ0v) is 16.8. The van der Waals surface area contributed by atoms with Crippen LogP contribution in [-0.2, 0) is 26.2 Å². The summed E-state index contributed by atoms with van der Waals surface area (Å²) in [5.41, 5.74) is 0.901. The SMILES string of the molecule is O=C(OCc1nc2ccccc2s1)C1CCN(S(=O)(=O)c2ccccc2)CC1. The molecule has 1 aliphatic rings. The van der Waals surface area contributed by atoms with Crippen molar-refractivity contribution in [3.05, 3.63) is 59.6 Å². The molecule has 28 heavy (non-hydrogen) atoms. The number of piperidine rings is 1. The Hall–Kier alpha value is -2.29. The van der Waals surface area contributed by atoms with Gasteiger partial charge in [-0.25, -0.2) is 13.4 Å². The summed E-state index contributed by atoms with van der Waals surface area (Å²) < 4.78 is 33.3. The van der Waals surface area contributed by atoms with Gasteiger partial charge in [0.25, 0.3) is 0 Å². The van der Waals surface area contributed by atoms with Gasteiger partial charge in [0, 0.05) is 13.1 Å². The van der Waals surface area contributed by atoms with Crippen molar-refractivity contribution in [1.29, 1.82) is 0 Å². The van der Waals surface area contributed by atoms with E-state index in [1.807, 2.05) is 24.3 Å². The molecule has 146 valence electrons. The molecule has 0 unspecified atom stereocenters. The lowest BCUT2D eigenvalue weighted by Gasteiger charge is -2.30. The van der Waals surface area contributed by atoms with E-state index in [4.69, 9.17) is 4.74 Å². The number of esters is 1. The van der Waals surface area contributed by atoms with Crippen LogP contribution in [0.4, 0.5) is 0 Å². The number of carbonyl (C=O) groups is 1. The summed E-state index contributed by atoms with van der Waals surface area (Å²) in [4.78, 5) is 17.1. The fourth-order valence-electron chi connectivity index (χ4n) is 3.31. The fraction of sp³-hybridized carbons (Fsp3) is 0.300. The molecule has 1 aromatic heterocycles. The lowest BCUT2D eigenvalue weighted by molar-refractivity contribution is -0.151. The Bertz CT molecular complexity index is 1040. The zero-order chi connectivity index (χ0) is 19.6. The van der Waals surface area contributed by atoms with Gasteiger partial charge in [0.15, 0.2) is 0 Å². The molecule has 2 aromatic carbocycles. The van der Waals surface area contributed by atoms with Crippen LogP contribution in [0.2, 0.25) is 0 Å². The molecule has 0 atom stereocenters. The summed E-state index contributed by atoms with van der Waals surface area (Å²) in [7, 11) is -3.51. The minimum Gasteiger partial charge on any atom is -0.458 e.